The van der Waals surface area contributed by atoms with Crippen molar-refractivity contribution in [1.29, 1.82) is 0 Å². The van der Waals surface area contributed by atoms with Crippen molar-refractivity contribution < 1.29 is 0 Å². The van der Waals surface area contributed by atoms with Gasteiger partial charge in [-0.1, -0.05) is 109 Å². The molecule has 0 aliphatic rings. The molecular weight excluding hydrogens is 1020 g/mol. The van der Waals surface area contributed by atoms with Gasteiger partial charge in [0, 0.05) is 114 Å². The fourth-order valence-electron chi connectivity index (χ4n) is 12.8. The molecule has 78 heavy (non-hydrogen) atoms. The van der Waals surface area contributed by atoms with E-state index in [-0.39, 0.29) is 0 Å². The molecule has 0 saturated carbocycles. The standard InChI is InChI=1S/C72H40N2S4/c1-5-13-65-49(9-1)57-37-45(21-29-69(57)75-65)43-19-27-63-55(35-43)53-33-41(17-25-61(53)73(63)47-23-31-71-59(39-47)51-11-3-7-15-67(51)77-71)42-18-26-62-54(34-42)56-36-44(46-22-30-70-58(38-46)50-10-2-6-14-66(50)76-70)20-28-64(56)74(62)48-24-32-72-60(40-48)52-12-4-8-16-68(52)78-72/h1-40H. The van der Waals surface area contributed by atoms with Crippen LogP contribution in [0.25, 0.3) is 169 Å². The Bertz CT molecular complexity index is 5250. The topological polar surface area (TPSA) is 9.86 Å². The van der Waals surface area contributed by atoms with Gasteiger partial charge in [-0.05, 0) is 167 Å². The van der Waals surface area contributed by atoms with Gasteiger partial charge in [-0.2, -0.15) is 0 Å². The van der Waals surface area contributed by atoms with E-state index in [1.54, 1.807) is 0 Å². The smallest absolute Gasteiger partial charge is 0.0541 e. The minimum atomic E-state index is 1.17. The molecule has 6 heteroatoms. The number of fused-ring (bicyclic) bond motifs is 18. The number of benzene rings is 12. The predicted molar refractivity (Wildman–Crippen MR) is 343 cm³/mol. The summed E-state index contributed by atoms with van der Waals surface area (Å²) in [4.78, 5) is 0. The molecule has 362 valence electrons. The molecule has 12 aromatic carbocycles. The summed E-state index contributed by atoms with van der Waals surface area (Å²) in [5.74, 6) is 0. The lowest BCUT2D eigenvalue weighted by atomic mass is 9.98. The number of nitrogens with zero attached hydrogens (tertiary/aromatic N) is 2. The van der Waals surface area contributed by atoms with E-state index in [0.29, 0.717) is 0 Å². The Balaban J connectivity index is 0.849. The third-order valence-corrected chi connectivity index (χ3v) is 21.1. The molecule has 6 heterocycles. The monoisotopic (exact) mass is 1060 g/mol. The molecule has 0 saturated heterocycles. The highest BCUT2D eigenvalue weighted by Gasteiger charge is 2.20. The molecule has 0 spiro atoms. The van der Waals surface area contributed by atoms with Gasteiger partial charge in [0.1, 0.15) is 0 Å². The zero-order valence-corrected chi connectivity index (χ0v) is 44.9. The highest BCUT2D eigenvalue weighted by molar-refractivity contribution is 7.27. The van der Waals surface area contributed by atoms with Crippen molar-refractivity contribution in [3.63, 3.8) is 0 Å². The minimum Gasteiger partial charge on any atom is -0.309 e. The van der Waals surface area contributed by atoms with E-state index < -0.39 is 0 Å². The van der Waals surface area contributed by atoms with Crippen molar-refractivity contribution in [2.75, 3.05) is 0 Å². The highest BCUT2D eigenvalue weighted by atomic mass is 32.1. The molecule has 0 aliphatic carbocycles. The Morgan fingerprint density at radius 3 is 0.718 bits per heavy atom. The zero-order valence-electron chi connectivity index (χ0n) is 41.6. The second-order valence-electron chi connectivity index (χ2n) is 20.8. The second-order valence-corrected chi connectivity index (χ2v) is 25.1. The molecule has 0 amide bonds. The lowest BCUT2D eigenvalue weighted by molar-refractivity contribution is 1.19. The number of aromatic nitrogens is 2. The first kappa shape index (κ1) is 43.2. The predicted octanol–water partition coefficient (Wildman–Crippen LogP) is 22.4. The molecule has 2 nitrogen and oxygen atoms in total. The minimum absolute atomic E-state index is 1.17. The van der Waals surface area contributed by atoms with Crippen molar-refractivity contribution >= 4 is 170 Å². The van der Waals surface area contributed by atoms with Gasteiger partial charge < -0.3 is 9.13 Å². The zero-order chi connectivity index (χ0) is 50.7. The number of rotatable bonds is 5. The number of thiophene rings is 4. The van der Waals surface area contributed by atoms with Crippen LogP contribution in [0.15, 0.2) is 243 Å². The summed E-state index contributed by atoms with van der Waals surface area (Å²) in [7, 11) is 0. The van der Waals surface area contributed by atoms with Gasteiger partial charge in [-0.25, -0.2) is 0 Å². The Morgan fingerprint density at radius 2 is 0.410 bits per heavy atom. The van der Waals surface area contributed by atoms with Crippen LogP contribution in [0.3, 0.4) is 0 Å². The van der Waals surface area contributed by atoms with E-state index in [9.17, 15) is 0 Å². The summed E-state index contributed by atoms with van der Waals surface area (Å²) in [6.45, 7) is 0. The summed E-state index contributed by atoms with van der Waals surface area (Å²) < 4.78 is 15.5. The molecule has 0 radical (unpaired) electrons. The molecule has 0 N–H and O–H groups in total. The van der Waals surface area contributed by atoms with Crippen LogP contribution in [0.1, 0.15) is 0 Å². The summed E-state index contributed by atoms with van der Waals surface area (Å²) in [6, 6.07) is 91.8. The Labute approximate surface area is 462 Å². The van der Waals surface area contributed by atoms with Crippen LogP contribution < -0.4 is 0 Å². The maximum absolute atomic E-state index is 2.49. The van der Waals surface area contributed by atoms with Gasteiger partial charge in [0.05, 0.1) is 22.1 Å². The largest absolute Gasteiger partial charge is 0.309 e. The van der Waals surface area contributed by atoms with E-state index in [0.717, 1.165) is 0 Å². The Kier molecular flexibility index (Phi) is 9.05. The normalized spacial score (nSPS) is 12.4. The van der Waals surface area contributed by atoms with Crippen LogP contribution in [0.4, 0.5) is 0 Å². The molecular formula is C72H40N2S4. The first-order valence-electron chi connectivity index (χ1n) is 26.4. The van der Waals surface area contributed by atoms with Crippen molar-refractivity contribution in [2.45, 2.75) is 0 Å². The lowest BCUT2D eigenvalue weighted by Crippen LogP contribution is -1.94. The fourth-order valence-corrected chi connectivity index (χ4v) is 17.2. The molecule has 0 fully saturated rings. The quantitative estimate of drug-likeness (QED) is 0.163. The third-order valence-electron chi connectivity index (χ3n) is 16.5. The van der Waals surface area contributed by atoms with E-state index in [1.807, 2.05) is 45.3 Å². The Morgan fingerprint density at radius 1 is 0.179 bits per heavy atom. The van der Waals surface area contributed by atoms with Crippen molar-refractivity contribution in [3.8, 4) is 44.8 Å². The molecule has 6 aromatic heterocycles. The molecule has 0 unspecified atom stereocenters. The van der Waals surface area contributed by atoms with Gasteiger partial charge in [-0.15, -0.1) is 45.3 Å². The van der Waals surface area contributed by atoms with Crippen LogP contribution in [0, 0.1) is 0 Å². The first-order valence-corrected chi connectivity index (χ1v) is 29.7. The van der Waals surface area contributed by atoms with Crippen LogP contribution >= 0.6 is 45.3 Å². The third kappa shape index (κ3) is 6.34. The van der Waals surface area contributed by atoms with Gasteiger partial charge >= 0.3 is 0 Å². The lowest BCUT2D eigenvalue weighted by Gasteiger charge is -2.10. The van der Waals surface area contributed by atoms with E-state index >= 15 is 0 Å². The highest BCUT2D eigenvalue weighted by Crippen LogP contribution is 2.45. The van der Waals surface area contributed by atoms with Gasteiger partial charge in [0.2, 0.25) is 0 Å². The van der Waals surface area contributed by atoms with Crippen molar-refractivity contribution in [1.82, 2.24) is 9.13 Å². The van der Waals surface area contributed by atoms with Gasteiger partial charge in [0.25, 0.3) is 0 Å². The van der Waals surface area contributed by atoms with Crippen LogP contribution in [0.5, 0.6) is 0 Å². The Hall–Kier alpha value is -8.88. The van der Waals surface area contributed by atoms with E-state index in [4.69, 9.17) is 0 Å². The van der Waals surface area contributed by atoms with Gasteiger partial charge in [-0.3, -0.25) is 0 Å². The van der Waals surface area contributed by atoms with Crippen LogP contribution in [-0.4, -0.2) is 9.13 Å². The van der Waals surface area contributed by atoms with Crippen molar-refractivity contribution in [2.24, 2.45) is 0 Å². The van der Waals surface area contributed by atoms with Gasteiger partial charge in [0.15, 0.2) is 0 Å². The average molecular weight is 1060 g/mol. The summed E-state index contributed by atoms with van der Waals surface area (Å²) >= 11 is 7.48. The molecule has 0 aliphatic heterocycles. The fraction of sp³-hybridized carbons (Fsp3) is 0. The number of hydrogen-bond donors (Lipinski definition) is 0. The maximum Gasteiger partial charge on any atom is 0.0541 e. The second kappa shape index (κ2) is 16.3. The SMILES string of the molecule is c1ccc2c(c1)sc1ccc(-c3ccc4c(c3)c3cc(-c5ccc6c(c5)c5cc(-c7ccc8sc9ccccc9c8c7)ccc5n6-c5ccc6sc7ccccc7c6c5)ccc3n4-c3ccc4sc5ccccc5c4c3)cc12. The van der Waals surface area contributed by atoms with Crippen molar-refractivity contribution in [3.05, 3.63) is 243 Å². The maximum atomic E-state index is 2.49. The van der Waals surface area contributed by atoms with Crippen LogP contribution in [-0.2, 0) is 0 Å². The summed E-state index contributed by atoms with van der Waals surface area (Å²) in [5, 5.41) is 15.4. The first-order chi connectivity index (χ1) is 38.6. The van der Waals surface area contributed by atoms with E-state index in [1.165, 1.54) is 169 Å². The molecule has 18 rings (SSSR count). The summed E-state index contributed by atoms with van der Waals surface area (Å²) in [6.07, 6.45) is 0. The molecule has 0 atom stereocenters. The number of hydrogen-bond acceptors (Lipinski definition) is 4. The summed E-state index contributed by atoms with van der Waals surface area (Å²) in [5.41, 5.74) is 14.4. The molecule has 0 bridgehead atoms. The van der Waals surface area contributed by atoms with E-state index in [2.05, 4.69) is 252 Å². The average Bonchev–Trinajstić information content (AvgIpc) is 4.42. The molecule has 18 aromatic rings. The van der Waals surface area contributed by atoms with Crippen LogP contribution in [0.2, 0.25) is 0 Å².